The monoisotopic (exact) mass is 396 g/mol. The molecular weight excluding hydrogens is 372 g/mol. The quantitative estimate of drug-likeness (QED) is 0.368. The van der Waals surface area contributed by atoms with Crippen molar-refractivity contribution in [2.45, 2.75) is 13.1 Å². The summed E-state index contributed by atoms with van der Waals surface area (Å²) in [5, 5.41) is 10.1. The zero-order valence-corrected chi connectivity index (χ0v) is 16.6. The molecule has 0 aliphatic carbocycles. The Morgan fingerprint density at radius 3 is 2.17 bits per heavy atom. The van der Waals surface area contributed by atoms with Gasteiger partial charge in [-0.1, -0.05) is 90.1 Å². The Kier molecular flexibility index (Phi) is 5.87. The first kappa shape index (κ1) is 19.4. The Morgan fingerprint density at radius 1 is 0.867 bits per heavy atom. The van der Waals surface area contributed by atoms with Crippen molar-refractivity contribution in [1.29, 1.82) is 0 Å². The minimum atomic E-state index is 0.587. The van der Waals surface area contributed by atoms with E-state index in [1.807, 2.05) is 83.7 Å². The predicted molar refractivity (Wildman–Crippen MR) is 119 cm³/mol. The van der Waals surface area contributed by atoms with Crippen LogP contribution in [0.4, 0.5) is 0 Å². The van der Waals surface area contributed by atoms with Crippen LogP contribution in [0.1, 0.15) is 16.7 Å². The summed E-state index contributed by atoms with van der Waals surface area (Å²) in [6, 6.07) is 28.1. The topological polar surface area (TPSA) is 86.0 Å². The molecule has 30 heavy (non-hydrogen) atoms. The highest BCUT2D eigenvalue weighted by Crippen LogP contribution is 2.19. The number of rotatable bonds is 7. The van der Waals surface area contributed by atoms with Gasteiger partial charge in [0.05, 0.1) is 25.0 Å². The van der Waals surface area contributed by atoms with Crippen LogP contribution in [0, 0.1) is 0 Å². The van der Waals surface area contributed by atoms with Gasteiger partial charge < -0.3 is 10.7 Å². The number of nitrogens with zero attached hydrogens (tertiary/aromatic N) is 4. The second kappa shape index (κ2) is 9.07. The van der Waals surface area contributed by atoms with Gasteiger partial charge in [-0.15, -0.1) is 5.10 Å². The lowest BCUT2D eigenvalue weighted by Crippen LogP contribution is -2.25. The first-order chi connectivity index (χ1) is 14.7. The van der Waals surface area contributed by atoms with Gasteiger partial charge in [0.15, 0.2) is 0 Å². The molecular formula is C24H24N6. The maximum absolute atomic E-state index is 6.24. The molecule has 150 valence electrons. The molecule has 0 saturated carbocycles. The fourth-order valence-electron chi connectivity index (χ4n) is 3.20. The fraction of sp³-hybridized carbons (Fsp3) is 0.0833. The second-order valence-corrected chi connectivity index (χ2v) is 7.11. The molecule has 0 fully saturated rings. The Labute approximate surface area is 176 Å². The van der Waals surface area contributed by atoms with Crippen LogP contribution in [0.5, 0.6) is 0 Å². The fourth-order valence-corrected chi connectivity index (χ4v) is 3.20. The van der Waals surface area contributed by atoms with Gasteiger partial charge in [0.25, 0.3) is 0 Å². The average Bonchev–Trinajstić information content (AvgIpc) is 3.23. The summed E-state index contributed by atoms with van der Waals surface area (Å²) in [4.78, 5) is 0. The predicted octanol–water partition coefficient (Wildman–Crippen LogP) is 3.63. The molecule has 3 aromatic carbocycles. The highest BCUT2D eigenvalue weighted by molar-refractivity contribution is 5.66. The molecule has 0 aliphatic heterocycles. The van der Waals surface area contributed by atoms with Crippen LogP contribution in [0.2, 0.25) is 0 Å². The van der Waals surface area contributed by atoms with E-state index in [4.69, 9.17) is 11.6 Å². The van der Waals surface area contributed by atoms with Crippen LogP contribution in [-0.2, 0) is 13.1 Å². The van der Waals surface area contributed by atoms with Crippen molar-refractivity contribution >= 4 is 5.70 Å². The Hall–Kier alpha value is -3.90. The molecule has 0 bridgehead atoms. The highest BCUT2D eigenvalue weighted by Gasteiger charge is 2.06. The maximum atomic E-state index is 6.24. The van der Waals surface area contributed by atoms with E-state index in [0.29, 0.717) is 18.8 Å². The van der Waals surface area contributed by atoms with E-state index in [1.54, 1.807) is 11.2 Å². The third kappa shape index (κ3) is 4.92. The number of hydrogen-bond acceptors (Lipinski definition) is 5. The molecule has 0 unspecified atom stereocenters. The third-order valence-electron chi connectivity index (χ3n) is 4.75. The summed E-state index contributed by atoms with van der Waals surface area (Å²) in [6.07, 6.45) is 3.70. The van der Waals surface area contributed by atoms with Gasteiger partial charge >= 0.3 is 0 Å². The molecule has 4 N–H and O–H groups in total. The average molecular weight is 396 g/mol. The van der Waals surface area contributed by atoms with E-state index in [2.05, 4.69) is 22.4 Å². The molecule has 6 heteroatoms. The molecule has 0 saturated heterocycles. The standard InChI is InChI=1S/C24H24N6/c25-23(17-29(26)15-19-7-3-1-4-8-19)21-11-13-22(14-12-21)24-18-30(28-27-24)16-20-9-5-2-6-10-20/h1-14,17-18H,15-16,25-26H2/b23-17-. The molecule has 4 rings (SSSR count). The smallest absolute Gasteiger partial charge is 0.113 e. The van der Waals surface area contributed by atoms with E-state index >= 15 is 0 Å². The third-order valence-corrected chi connectivity index (χ3v) is 4.75. The van der Waals surface area contributed by atoms with E-state index in [-0.39, 0.29) is 0 Å². The molecule has 0 atom stereocenters. The van der Waals surface area contributed by atoms with Crippen LogP contribution in [0.25, 0.3) is 17.0 Å². The molecule has 0 spiro atoms. The maximum Gasteiger partial charge on any atom is 0.113 e. The summed E-state index contributed by atoms with van der Waals surface area (Å²) in [6.45, 7) is 1.28. The molecule has 1 heterocycles. The van der Waals surface area contributed by atoms with Gasteiger partial charge in [0.2, 0.25) is 0 Å². The van der Waals surface area contributed by atoms with Gasteiger partial charge in [0.1, 0.15) is 5.69 Å². The van der Waals surface area contributed by atoms with Gasteiger partial charge in [-0.25, -0.2) is 10.5 Å². The highest BCUT2D eigenvalue weighted by atomic mass is 15.4. The van der Waals surface area contributed by atoms with Crippen molar-refractivity contribution in [3.8, 4) is 11.3 Å². The van der Waals surface area contributed by atoms with Crippen LogP contribution in [0.3, 0.4) is 0 Å². The first-order valence-corrected chi connectivity index (χ1v) is 9.75. The van der Waals surface area contributed by atoms with Crippen molar-refractivity contribution < 1.29 is 0 Å². The zero-order chi connectivity index (χ0) is 20.8. The Morgan fingerprint density at radius 2 is 1.50 bits per heavy atom. The van der Waals surface area contributed by atoms with Crippen LogP contribution in [0.15, 0.2) is 97.3 Å². The number of hydrazine groups is 1. The van der Waals surface area contributed by atoms with Crippen molar-refractivity contribution in [3.05, 3.63) is 114 Å². The Bertz CT molecular complexity index is 1100. The van der Waals surface area contributed by atoms with Gasteiger partial charge in [-0.2, -0.15) is 0 Å². The van der Waals surface area contributed by atoms with E-state index < -0.39 is 0 Å². The van der Waals surface area contributed by atoms with E-state index in [9.17, 15) is 0 Å². The van der Waals surface area contributed by atoms with Gasteiger partial charge in [-0.3, -0.25) is 0 Å². The second-order valence-electron chi connectivity index (χ2n) is 7.11. The van der Waals surface area contributed by atoms with Crippen molar-refractivity contribution in [2.75, 3.05) is 0 Å². The normalized spacial score (nSPS) is 11.4. The van der Waals surface area contributed by atoms with Gasteiger partial charge in [-0.05, 0) is 16.7 Å². The number of nitrogens with two attached hydrogens (primary N) is 2. The lowest BCUT2D eigenvalue weighted by Gasteiger charge is -2.15. The summed E-state index contributed by atoms with van der Waals surface area (Å²) in [5.41, 5.74) is 11.9. The summed E-state index contributed by atoms with van der Waals surface area (Å²) >= 11 is 0. The molecule has 1 aromatic heterocycles. The van der Waals surface area contributed by atoms with Crippen LogP contribution >= 0.6 is 0 Å². The largest absolute Gasteiger partial charge is 0.397 e. The minimum absolute atomic E-state index is 0.587. The van der Waals surface area contributed by atoms with Gasteiger partial charge in [0, 0.05) is 11.8 Å². The number of benzene rings is 3. The summed E-state index contributed by atoms with van der Waals surface area (Å²) in [5.74, 6) is 6.09. The Balaban J connectivity index is 1.42. The minimum Gasteiger partial charge on any atom is -0.397 e. The molecule has 0 amide bonds. The van der Waals surface area contributed by atoms with Crippen molar-refractivity contribution in [2.24, 2.45) is 11.6 Å². The lowest BCUT2D eigenvalue weighted by atomic mass is 10.1. The SMILES string of the molecule is N/C(=C\N(N)Cc1ccccc1)c1ccc(-c2cn(Cc3ccccc3)nn2)cc1. The molecule has 4 aromatic rings. The van der Waals surface area contributed by atoms with E-state index in [0.717, 1.165) is 22.4 Å². The summed E-state index contributed by atoms with van der Waals surface area (Å²) in [7, 11) is 0. The first-order valence-electron chi connectivity index (χ1n) is 9.75. The van der Waals surface area contributed by atoms with Crippen molar-refractivity contribution in [3.63, 3.8) is 0 Å². The van der Waals surface area contributed by atoms with Crippen LogP contribution < -0.4 is 11.6 Å². The lowest BCUT2D eigenvalue weighted by molar-refractivity contribution is 0.388. The molecule has 0 aliphatic rings. The van der Waals surface area contributed by atoms with E-state index in [1.165, 1.54) is 5.56 Å². The van der Waals surface area contributed by atoms with Crippen LogP contribution in [-0.4, -0.2) is 20.0 Å². The molecule has 6 nitrogen and oxygen atoms in total. The number of hydrogen-bond donors (Lipinski definition) is 2. The zero-order valence-electron chi connectivity index (χ0n) is 16.6. The number of aromatic nitrogens is 3. The molecule has 0 radical (unpaired) electrons. The summed E-state index contributed by atoms with van der Waals surface area (Å²) < 4.78 is 1.84. The van der Waals surface area contributed by atoms with Crippen molar-refractivity contribution in [1.82, 2.24) is 20.0 Å².